The van der Waals surface area contributed by atoms with Crippen molar-refractivity contribution in [1.29, 1.82) is 0 Å². The third-order valence-electron chi connectivity index (χ3n) is 2.48. The molecule has 7 heteroatoms. The van der Waals surface area contributed by atoms with E-state index in [1.54, 1.807) is 19.1 Å². The minimum absolute atomic E-state index is 0.148. The summed E-state index contributed by atoms with van der Waals surface area (Å²) in [6, 6.07) is 4.80. The number of aryl methyl sites for hydroxylation is 1. The lowest BCUT2D eigenvalue weighted by Crippen LogP contribution is -2.14. The largest absolute Gasteiger partial charge is 0.392 e. The minimum atomic E-state index is -3.67. The second kappa shape index (κ2) is 4.79. The van der Waals surface area contributed by atoms with Gasteiger partial charge in [0.15, 0.2) is 0 Å². The molecule has 0 saturated heterocycles. The highest BCUT2D eigenvalue weighted by molar-refractivity contribution is 7.92. The first-order chi connectivity index (χ1) is 8.53. The molecule has 1 aromatic carbocycles. The first-order valence-corrected chi connectivity index (χ1v) is 6.73. The van der Waals surface area contributed by atoms with Crippen LogP contribution in [0.3, 0.4) is 0 Å². The number of nitrogens with one attached hydrogen (secondary N) is 2. The Morgan fingerprint density at radius 1 is 1.44 bits per heavy atom. The molecule has 0 aliphatic rings. The number of hydrogen-bond acceptors (Lipinski definition) is 4. The summed E-state index contributed by atoms with van der Waals surface area (Å²) >= 11 is 0. The Hall–Kier alpha value is -1.86. The van der Waals surface area contributed by atoms with Crippen molar-refractivity contribution in [3.8, 4) is 0 Å². The fourth-order valence-corrected chi connectivity index (χ4v) is 2.88. The van der Waals surface area contributed by atoms with E-state index in [2.05, 4.69) is 14.9 Å². The first kappa shape index (κ1) is 12.6. The smallest absolute Gasteiger partial charge is 0.262 e. The van der Waals surface area contributed by atoms with Crippen molar-refractivity contribution >= 4 is 15.7 Å². The van der Waals surface area contributed by atoms with Gasteiger partial charge in [0, 0.05) is 6.20 Å². The molecule has 0 fully saturated rings. The van der Waals surface area contributed by atoms with Gasteiger partial charge < -0.3 is 5.11 Å². The van der Waals surface area contributed by atoms with Gasteiger partial charge in [-0.2, -0.15) is 5.10 Å². The van der Waals surface area contributed by atoms with Crippen LogP contribution < -0.4 is 4.72 Å². The van der Waals surface area contributed by atoms with E-state index in [0.29, 0.717) is 16.8 Å². The zero-order chi connectivity index (χ0) is 13.2. The highest BCUT2D eigenvalue weighted by Crippen LogP contribution is 2.20. The lowest BCUT2D eigenvalue weighted by atomic mass is 10.2. The number of sulfonamides is 1. The number of nitrogens with zero attached hydrogens (tertiary/aromatic N) is 1. The van der Waals surface area contributed by atoms with E-state index in [0.717, 1.165) is 0 Å². The van der Waals surface area contributed by atoms with E-state index >= 15 is 0 Å². The van der Waals surface area contributed by atoms with Crippen LogP contribution in [0.5, 0.6) is 0 Å². The molecule has 0 aliphatic carbocycles. The average molecular weight is 267 g/mol. The number of hydrogen-bond donors (Lipinski definition) is 3. The van der Waals surface area contributed by atoms with Crippen molar-refractivity contribution in [1.82, 2.24) is 10.2 Å². The number of aromatic amines is 1. The summed E-state index contributed by atoms with van der Waals surface area (Å²) in [6.07, 6.45) is 2.82. The molecule has 0 aliphatic heterocycles. The Labute approximate surface area is 105 Å². The molecule has 0 saturated carbocycles. The summed E-state index contributed by atoms with van der Waals surface area (Å²) in [5.74, 6) is 0. The Balaban J connectivity index is 2.40. The Bertz CT molecular complexity index is 636. The molecule has 0 atom stereocenters. The monoisotopic (exact) mass is 267 g/mol. The summed E-state index contributed by atoms with van der Waals surface area (Å²) in [5, 5.41) is 15.2. The molecule has 3 N–H and O–H groups in total. The molecule has 2 rings (SSSR count). The van der Waals surface area contributed by atoms with Crippen molar-refractivity contribution in [2.45, 2.75) is 18.4 Å². The molecule has 2 aromatic rings. The molecule has 6 nitrogen and oxygen atoms in total. The maximum atomic E-state index is 12.2. The van der Waals surface area contributed by atoms with Crippen LogP contribution in [0.1, 0.15) is 11.1 Å². The second-order valence-corrected chi connectivity index (χ2v) is 5.50. The van der Waals surface area contributed by atoms with E-state index in [-0.39, 0.29) is 11.5 Å². The predicted molar refractivity (Wildman–Crippen MR) is 66.5 cm³/mol. The number of aromatic nitrogens is 2. The molecule has 0 spiro atoms. The van der Waals surface area contributed by atoms with E-state index in [1.807, 2.05) is 0 Å². The van der Waals surface area contributed by atoms with Crippen LogP contribution in [-0.2, 0) is 16.6 Å². The summed E-state index contributed by atoms with van der Waals surface area (Å²) in [6.45, 7) is 1.50. The molecule has 1 heterocycles. The number of H-pyrrole nitrogens is 1. The van der Waals surface area contributed by atoms with Crippen molar-refractivity contribution in [2.75, 3.05) is 4.72 Å². The molecular formula is C11H13N3O3S. The summed E-state index contributed by atoms with van der Waals surface area (Å²) < 4.78 is 26.7. The zero-order valence-electron chi connectivity index (χ0n) is 9.71. The van der Waals surface area contributed by atoms with Gasteiger partial charge >= 0.3 is 0 Å². The van der Waals surface area contributed by atoms with Gasteiger partial charge in [-0.05, 0) is 24.1 Å². The molecule has 0 amide bonds. The van der Waals surface area contributed by atoms with Crippen LogP contribution in [0, 0.1) is 6.92 Å². The van der Waals surface area contributed by atoms with Crippen LogP contribution in [0.4, 0.5) is 5.69 Å². The molecule has 0 unspecified atom stereocenters. The molecule has 0 bridgehead atoms. The van der Waals surface area contributed by atoms with Gasteiger partial charge in [0.05, 0.1) is 23.4 Å². The van der Waals surface area contributed by atoms with E-state index in [9.17, 15) is 8.42 Å². The molecular weight excluding hydrogens is 254 g/mol. The van der Waals surface area contributed by atoms with E-state index in [1.165, 1.54) is 18.5 Å². The van der Waals surface area contributed by atoms with Gasteiger partial charge in [-0.15, -0.1) is 0 Å². The number of rotatable bonds is 4. The number of aliphatic hydroxyl groups excluding tert-OH is 1. The normalized spacial score (nSPS) is 11.4. The summed E-state index contributed by atoms with van der Waals surface area (Å²) in [4.78, 5) is 0.148. The lowest BCUT2D eigenvalue weighted by molar-refractivity contribution is 0.281. The zero-order valence-corrected chi connectivity index (χ0v) is 10.5. The second-order valence-electron chi connectivity index (χ2n) is 3.85. The Morgan fingerprint density at radius 3 is 2.83 bits per heavy atom. The summed E-state index contributed by atoms with van der Waals surface area (Å²) in [7, 11) is -3.67. The van der Waals surface area contributed by atoms with Gasteiger partial charge in [0.25, 0.3) is 10.0 Å². The van der Waals surface area contributed by atoms with Gasteiger partial charge in [-0.3, -0.25) is 9.82 Å². The van der Waals surface area contributed by atoms with Gasteiger partial charge in [0.1, 0.15) is 0 Å². The van der Waals surface area contributed by atoms with Crippen LogP contribution in [0.15, 0.2) is 35.5 Å². The molecule has 18 heavy (non-hydrogen) atoms. The highest BCUT2D eigenvalue weighted by Gasteiger charge is 2.17. The number of benzene rings is 1. The molecule has 1 aromatic heterocycles. The van der Waals surface area contributed by atoms with Crippen LogP contribution in [0.25, 0.3) is 0 Å². The highest BCUT2D eigenvalue weighted by atomic mass is 32.2. The van der Waals surface area contributed by atoms with Crippen LogP contribution in [0.2, 0.25) is 0 Å². The standard InChI is InChI=1S/C11H13N3O3S/c1-8-2-3-9(7-15)4-11(8)18(16,17)14-10-5-12-13-6-10/h2-6,14-15H,7H2,1H3,(H,12,13). The summed E-state index contributed by atoms with van der Waals surface area (Å²) in [5.41, 5.74) is 1.53. The van der Waals surface area contributed by atoms with Crippen LogP contribution in [-0.4, -0.2) is 23.7 Å². The SMILES string of the molecule is Cc1ccc(CO)cc1S(=O)(=O)Nc1cn[nH]c1. The molecule has 0 radical (unpaired) electrons. The topological polar surface area (TPSA) is 95.1 Å². The van der Waals surface area contributed by atoms with Crippen molar-refractivity contribution in [3.05, 3.63) is 41.7 Å². The molecule has 96 valence electrons. The van der Waals surface area contributed by atoms with Crippen LogP contribution >= 0.6 is 0 Å². The van der Waals surface area contributed by atoms with E-state index in [4.69, 9.17) is 5.11 Å². The van der Waals surface area contributed by atoms with Crippen molar-refractivity contribution in [2.24, 2.45) is 0 Å². The predicted octanol–water partition coefficient (Wildman–Crippen LogP) is 1.01. The van der Waals surface area contributed by atoms with Gasteiger partial charge in [-0.1, -0.05) is 12.1 Å². The maximum Gasteiger partial charge on any atom is 0.262 e. The fourth-order valence-electron chi connectivity index (χ4n) is 1.55. The quantitative estimate of drug-likeness (QED) is 0.770. The van der Waals surface area contributed by atoms with Gasteiger partial charge in [0.2, 0.25) is 0 Å². The third-order valence-corrected chi connectivity index (χ3v) is 4.00. The van der Waals surface area contributed by atoms with Gasteiger partial charge in [-0.25, -0.2) is 8.42 Å². The van der Waals surface area contributed by atoms with Crippen molar-refractivity contribution < 1.29 is 13.5 Å². The van der Waals surface area contributed by atoms with Crippen molar-refractivity contribution in [3.63, 3.8) is 0 Å². The Morgan fingerprint density at radius 2 is 2.22 bits per heavy atom. The lowest BCUT2D eigenvalue weighted by Gasteiger charge is -2.10. The van der Waals surface area contributed by atoms with E-state index < -0.39 is 10.0 Å². The maximum absolute atomic E-state index is 12.2. The average Bonchev–Trinajstić information content (AvgIpc) is 2.81. The first-order valence-electron chi connectivity index (χ1n) is 5.25. The fraction of sp³-hybridized carbons (Fsp3) is 0.182. The minimum Gasteiger partial charge on any atom is -0.392 e. The number of aliphatic hydroxyl groups is 1. The Kier molecular flexibility index (Phi) is 3.35. The third kappa shape index (κ3) is 2.52. The number of anilines is 1.